The number of nitro groups is 1. The molecule has 2 aromatic carbocycles. The van der Waals surface area contributed by atoms with Crippen LogP contribution in [0.1, 0.15) is 59.2 Å². The minimum Gasteiger partial charge on any atom is -0.455 e. The van der Waals surface area contributed by atoms with Gasteiger partial charge in [-0.15, -0.1) is 0 Å². The van der Waals surface area contributed by atoms with E-state index in [4.69, 9.17) is 4.42 Å². The highest BCUT2D eigenvalue weighted by Gasteiger charge is 2.35. The van der Waals surface area contributed by atoms with Gasteiger partial charge in [0.1, 0.15) is 11.6 Å². The SMILES string of the molecule is Cc1c(C(=O)N2c3ccc(F)cc3CCC2C)oc2c1/C(=N/Nc1ccc([N+](=O)[O-])cc1)CCC2. The van der Waals surface area contributed by atoms with Gasteiger partial charge in [-0.05, 0) is 75.4 Å². The summed E-state index contributed by atoms with van der Waals surface area (Å²) in [5.74, 6) is 0.464. The molecular weight excluding hydrogens is 451 g/mol. The minimum absolute atomic E-state index is 0.00763. The molecule has 2 heterocycles. The number of hydrogen-bond donors (Lipinski definition) is 1. The van der Waals surface area contributed by atoms with Gasteiger partial charge in [-0.1, -0.05) is 0 Å². The first-order valence-electron chi connectivity index (χ1n) is 11.6. The van der Waals surface area contributed by atoms with Crippen LogP contribution < -0.4 is 10.3 Å². The number of fused-ring (bicyclic) bond motifs is 2. The van der Waals surface area contributed by atoms with Gasteiger partial charge < -0.3 is 9.32 Å². The van der Waals surface area contributed by atoms with Crippen LogP contribution in [0.5, 0.6) is 0 Å². The van der Waals surface area contributed by atoms with E-state index in [-0.39, 0.29) is 29.2 Å². The van der Waals surface area contributed by atoms with Crippen LogP contribution in [0, 0.1) is 22.9 Å². The summed E-state index contributed by atoms with van der Waals surface area (Å²) in [6, 6.07) is 10.5. The van der Waals surface area contributed by atoms with E-state index in [0.29, 0.717) is 18.5 Å². The summed E-state index contributed by atoms with van der Waals surface area (Å²) < 4.78 is 19.9. The van der Waals surface area contributed by atoms with E-state index < -0.39 is 4.92 Å². The maximum Gasteiger partial charge on any atom is 0.294 e. The quantitative estimate of drug-likeness (QED) is 0.381. The highest BCUT2D eigenvalue weighted by atomic mass is 19.1. The third-order valence-corrected chi connectivity index (χ3v) is 6.71. The molecule has 0 saturated heterocycles. The Kier molecular flexibility index (Phi) is 5.84. The van der Waals surface area contributed by atoms with Gasteiger partial charge in [-0.3, -0.25) is 20.3 Å². The Bertz CT molecular complexity index is 1350. The molecule has 5 rings (SSSR count). The molecule has 180 valence electrons. The van der Waals surface area contributed by atoms with Crippen LogP contribution in [0.2, 0.25) is 0 Å². The average molecular weight is 477 g/mol. The molecule has 1 unspecified atom stereocenters. The molecule has 3 aromatic rings. The van der Waals surface area contributed by atoms with Gasteiger partial charge in [0.15, 0.2) is 5.76 Å². The monoisotopic (exact) mass is 476 g/mol. The number of amides is 1. The molecule has 9 heteroatoms. The summed E-state index contributed by atoms with van der Waals surface area (Å²) in [6.45, 7) is 3.85. The number of rotatable bonds is 4. The molecule has 1 atom stereocenters. The number of carbonyl (C=O) groups is 1. The van der Waals surface area contributed by atoms with Crippen molar-refractivity contribution >= 4 is 28.7 Å². The van der Waals surface area contributed by atoms with Gasteiger partial charge in [-0.2, -0.15) is 5.10 Å². The number of benzene rings is 2. The Morgan fingerprint density at radius 2 is 1.97 bits per heavy atom. The van der Waals surface area contributed by atoms with E-state index in [1.54, 1.807) is 23.1 Å². The number of nitro benzene ring substituents is 1. The van der Waals surface area contributed by atoms with Crippen LogP contribution >= 0.6 is 0 Å². The Balaban J connectivity index is 1.45. The maximum atomic E-state index is 13.8. The molecule has 0 radical (unpaired) electrons. The summed E-state index contributed by atoms with van der Waals surface area (Å²) >= 11 is 0. The Morgan fingerprint density at radius 1 is 1.20 bits per heavy atom. The molecule has 0 fully saturated rings. The van der Waals surface area contributed by atoms with Gasteiger partial charge in [0.2, 0.25) is 0 Å². The van der Waals surface area contributed by atoms with Crippen molar-refractivity contribution in [1.82, 2.24) is 0 Å². The zero-order valence-electron chi connectivity index (χ0n) is 19.5. The number of nitrogens with one attached hydrogen (secondary N) is 1. The summed E-state index contributed by atoms with van der Waals surface area (Å²) in [5, 5.41) is 15.4. The summed E-state index contributed by atoms with van der Waals surface area (Å²) in [5.41, 5.74) is 7.48. The van der Waals surface area contributed by atoms with Crippen molar-refractivity contribution in [2.24, 2.45) is 5.10 Å². The number of nitrogens with zero attached hydrogens (tertiary/aromatic N) is 3. The molecule has 1 amide bonds. The number of furan rings is 1. The highest BCUT2D eigenvalue weighted by molar-refractivity contribution is 6.10. The first-order chi connectivity index (χ1) is 16.8. The minimum atomic E-state index is -0.450. The lowest BCUT2D eigenvalue weighted by Gasteiger charge is -2.34. The van der Waals surface area contributed by atoms with Gasteiger partial charge in [0.25, 0.3) is 11.6 Å². The maximum absolute atomic E-state index is 13.8. The van der Waals surface area contributed by atoms with Gasteiger partial charge in [0.05, 0.1) is 16.3 Å². The number of anilines is 2. The predicted octanol–water partition coefficient (Wildman–Crippen LogP) is 5.77. The molecule has 1 N–H and O–H groups in total. The number of hydrazone groups is 1. The van der Waals surface area contributed by atoms with Crippen molar-refractivity contribution in [3.8, 4) is 0 Å². The number of hydrogen-bond acceptors (Lipinski definition) is 6. The van der Waals surface area contributed by atoms with E-state index in [9.17, 15) is 19.3 Å². The van der Waals surface area contributed by atoms with Crippen molar-refractivity contribution in [1.29, 1.82) is 0 Å². The lowest BCUT2D eigenvalue weighted by molar-refractivity contribution is -0.384. The highest BCUT2D eigenvalue weighted by Crippen LogP contribution is 2.36. The van der Waals surface area contributed by atoms with Crippen molar-refractivity contribution in [2.45, 2.75) is 52.0 Å². The second-order valence-electron chi connectivity index (χ2n) is 9.02. The van der Waals surface area contributed by atoms with Crippen molar-refractivity contribution < 1.29 is 18.5 Å². The molecule has 0 spiro atoms. The smallest absolute Gasteiger partial charge is 0.294 e. The molecule has 8 nitrogen and oxygen atoms in total. The molecule has 0 bridgehead atoms. The largest absolute Gasteiger partial charge is 0.455 e. The van der Waals surface area contributed by atoms with E-state index in [1.807, 2.05) is 13.8 Å². The van der Waals surface area contributed by atoms with E-state index in [1.165, 1.54) is 24.3 Å². The van der Waals surface area contributed by atoms with Gasteiger partial charge in [0, 0.05) is 41.4 Å². The van der Waals surface area contributed by atoms with Crippen molar-refractivity contribution in [3.63, 3.8) is 0 Å². The van der Waals surface area contributed by atoms with Crippen LogP contribution in [0.4, 0.5) is 21.5 Å². The summed E-state index contributed by atoms with van der Waals surface area (Å²) in [7, 11) is 0. The fraction of sp³-hybridized carbons (Fsp3) is 0.308. The number of aryl methyl sites for hydroxylation is 2. The Hall–Kier alpha value is -4.01. The number of halogens is 1. The normalized spacial score (nSPS) is 18.2. The molecule has 1 aromatic heterocycles. The fourth-order valence-corrected chi connectivity index (χ4v) is 4.91. The molecular formula is C26H25FN4O4. The lowest BCUT2D eigenvalue weighted by Crippen LogP contribution is -2.42. The Labute approximate surface area is 201 Å². The topological polar surface area (TPSA) is 101 Å². The predicted molar refractivity (Wildman–Crippen MR) is 131 cm³/mol. The number of non-ortho nitro benzene ring substituents is 1. The van der Waals surface area contributed by atoms with E-state index in [2.05, 4.69) is 10.5 Å². The average Bonchev–Trinajstić information content (AvgIpc) is 3.19. The molecule has 2 aliphatic rings. The van der Waals surface area contributed by atoms with Crippen molar-refractivity contribution in [2.75, 3.05) is 10.3 Å². The van der Waals surface area contributed by atoms with Crippen LogP contribution in [-0.2, 0) is 12.8 Å². The summed E-state index contributed by atoms with van der Waals surface area (Å²) in [6.07, 6.45) is 3.71. The van der Waals surface area contributed by atoms with Crippen LogP contribution in [0.15, 0.2) is 52.0 Å². The van der Waals surface area contributed by atoms with Gasteiger partial charge >= 0.3 is 0 Å². The van der Waals surface area contributed by atoms with Crippen molar-refractivity contribution in [3.05, 3.63) is 86.6 Å². The second kappa shape index (κ2) is 8.98. The first-order valence-corrected chi connectivity index (χ1v) is 11.6. The zero-order valence-corrected chi connectivity index (χ0v) is 19.5. The molecule has 1 aliphatic heterocycles. The third-order valence-electron chi connectivity index (χ3n) is 6.71. The fourth-order valence-electron chi connectivity index (χ4n) is 4.91. The molecule has 1 aliphatic carbocycles. The number of carbonyl (C=O) groups excluding carboxylic acids is 1. The van der Waals surface area contributed by atoms with Crippen LogP contribution in [-0.4, -0.2) is 22.6 Å². The van der Waals surface area contributed by atoms with Gasteiger partial charge in [-0.25, -0.2) is 4.39 Å². The van der Waals surface area contributed by atoms with Crippen LogP contribution in [0.25, 0.3) is 0 Å². The Morgan fingerprint density at radius 3 is 2.71 bits per heavy atom. The zero-order chi connectivity index (χ0) is 24.7. The second-order valence-corrected chi connectivity index (χ2v) is 9.02. The third kappa shape index (κ3) is 4.18. The first kappa shape index (κ1) is 22.8. The standard InChI is InChI=1S/C26H25FN4O4/c1-15-6-7-17-14-18(27)8-13-22(17)30(15)26(32)25-16(2)24-21(4-3-5-23(24)35-25)29-28-19-9-11-20(12-10-19)31(33)34/h8-15,28H,3-7H2,1-2H3/b29-21+. The summed E-state index contributed by atoms with van der Waals surface area (Å²) in [4.78, 5) is 25.8. The lowest BCUT2D eigenvalue weighted by atomic mass is 9.92. The van der Waals surface area contributed by atoms with Crippen LogP contribution in [0.3, 0.4) is 0 Å². The van der Waals surface area contributed by atoms with E-state index >= 15 is 0 Å². The molecule has 35 heavy (non-hydrogen) atoms. The van der Waals surface area contributed by atoms with E-state index in [0.717, 1.165) is 53.1 Å². The molecule has 0 saturated carbocycles.